The van der Waals surface area contributed by atoms with Gasteiger partial charge in [0, 0.05) is 11.0 Å². The normalized spacial score (nSPS) is 15.0. The van der Waals surface area contributed by atoms with E-state index in [-0.39, 0.29) is 36.6 Å². The first-order valence-corrected chi connectivity index (χ1v) is 8.79. The third-order valence-electron chi connectivity index (χ3n) is 3.67. The lowest BCUT2D eigenvalue weighted by molar-refractivity contribution is 0.0437. The number of aliphatic imine (C=N–C) groups is 1. The molecule has 1 aromatic heterocycles. The summed E-state index contributed by atoms with van der Waals surface area (Å²) in [7, 11) is 0. The molecule has 2 aromatic rings. The summed E-state index contributed by atoms with van der Waals surface area (Å²) in [4.78, 5) is 4.51. The Kier molecular flexibility index (Phi) is 8.95. The molecule has 2 unspecified atom stereocenters. The van der Waals surface area contributed by atoms with E-state index in [1.807, 2.05) is 25.1 Å². The molecule has 0 spiro atoms. The Morgan fingerprint density at radius 1 is 1.32 bits per heavy atom. The smallest absolute Gasteiger partial charge is 0.191 e. The van der Waals surface area contributed by atoms with Crippen molar-refractivity contribution in [3.05, 3.63) is 58.5 Å². The highest BCUT2D eigenvalue weighted by atomic mass is 127. The van der Waals surface area contributed by atoms with Crippen LogP contribution in [-0.2, 0) is 5.60 Å². The first-order valence-electron chi connectivity index (χ1n) is 7.99. The van der Waals surface area contributed by atoms with Crippen molar-refractivity contribution in [2.75, 3.05) is 13.1 Å². The number of furan rings is 1. The second-order valence-corrected chi connectivity index (χ2v) is 6.69. The quantitative estimate of drug-likeness (QED) is 0.303. The predicted molar refractivity (Wildman–Crippen MR) is 115 cm³/mol. The Morgan fingerprint density at radius 3 is 2.64 bits per heavy atom. The van der Waals surface area contributed by atoms with Crippen LogP contribution in [0, 0.1) is 0 Å². The predicted octanol–water partition coefficient (Wildman–Crippen LogP) is 4.18. The van der Waals surface area contributed by atoms with Gasteiger partial charge in [0.15, 0.2) is 5.96 Å². The first kappa shape index (κ1) is 22.0. The molecule has 1 heterocycles. The number of halogens is 2. The molecule has 25 heavy (non-hydrogen) atoms. The minimum atomic E-state index is -1.15. The zero-order valence-electron chi connectivity index (χ0n) is 14.6. The summed E-state index contributed by atoms with van der Waals surface area (Å²) in [5, 5.41) is 17.1. The van der Waals surface area contributed by atoms with Gasteiger partial charge in [-0.1, -0.05) is 34.1 Å². The fourth-order valence-electron chi connectivity index (χ4n) is 2.33. The monoisotopic (exact) mass is 521 g/mol. The highest BCUT2D eigenvalue weighted by Crippen LogP contribution is 2.23. The molecule has 5 nitrogen and oxygen atoms in total. The largest absolute Gasteiger partial charge is 0.466 e. The molecule has 2 atom stereocenters. The molecule has 0 saturated heterocycles. The Morgan fingerprint density at radius 2 is 2.04 bits per heavy atom. The Hall–Kier alpha value is -1.06. The number of nitrogens with zero attached hydrogens (tertiary/aromatic N) is 1. The molecule has 138 valence electrons. The molecule has 0 saturated carbocycles. The molecule has 0 radical (unpaired) electrons. The third kappa shape index (κ3) is 6.31. The fourth-order valence-corrected chi connectivity index (χ4v) is 2.95. The lowest BCUT2D eigenvalue weighted by atomic mass is 10.0. The number of benzene rings is 1. The maximum Gasteiger partial charge on any atom is 0.191 e. The van der Waals surface area contributed by atoms with Gasteiger partial charge in [0.2, 0.25) is 0 Å². The van der Waals surface area contributed by atoms with Crippen LogP contribution >= 0.6 is 39.9 Å². The van der Waals surface area contributed by atoms with Crippen LogP contribution in [0.5, 0.6) is 0 Å². The molecule has 0 fully saturated rings. The van der Waals surface area contributed by atoms with E-state index in [1.165, 1.54) is 0 Å². The zero-order valence-corrected chi connectivity index (χ0v) is 18.5. The number of hydrogen-bond donors (Lipinski definition) is 3. The van der Waals surface area contributed by atoms with Crippen molar-refractivity contribution in [1.82, 2.24) is 10.6 Å². The molecular formula is C18H25BrIN3O2. The van der Waals surface area contributed by atoms with Gasteiger partial charge in [0.05, 0.1) is 18.8 Å². The van der Waals surface area contributed by atoms with Gasteiger partial charge in [-0.25, -0.2) is 4.99 Å². The molecule has 0 aliphatic rings. The lowest BCUT2D eigenvalue weighted by Crippen LogP contribution is -2.40. The molecule has 2 rings (SSSR count). The summed E-state index contributed by atoms with van der Waals surface area (Å²) < 4.78 is 6.34. The highest BCUT2D eigenvalue weighted by Gasteiger charge is 2.26. The Labute approximate surface area is 174 Å². The summed E-state index contributed by atoms with van der Waals surface area (Å²) in [5.41, 5.74) is -0.0107. The SMILES string of the molecule is CCNC(=NCC(C)(O)c1ccco1)NC(C)c1ccccc1Br.I. The number of aliphatic hydroxyl groups is 1. The standard InChI is InChI=1S/C18H24BrN3O2.HI/c1-4-20-17(21-12-18(3,23)16-10-7-11-24-16)22-13(2)14-8-5-6-9-15(14)19;/h5-11,13,23H,4,12H2,1-3H3,(H2,20,21,22);1H. The van der Waals surface area contributed by atoms with E-state index in [1.54, 1.807) is 25.3 Å². The van der Waals surface area contributed by atoms with E-state index in [2.05, 4.69) is 44.5 Å². The van der Waals surface area contributed by atoms with Crippen LogP contribution in [0.15, 0.2) is 56.5 Å². The fraction of sp³-hybridized carbons (Fsp3) is 0.389. The minimum Gasteiger partial charge on any atom is -0.466 e. The molecule has 0 amide bonds. The van der Waals surface area contributed by atoms with Gasteiger partial charge in [-0.15, -0.1) is 24.0 Å². The van der Waals surface area contributed by atoms with Crippen molar-refractivity contribution in [3.8, 4) is 0 Å². The number of nitrogens with one attached hydrogen (secondary N) is 2. The maximum atomic E-state index is 10.5. The van der Waals surface area contributed by atoms with Crippen LogP contribution in [0.1, 0.15) is 38.1 Å². The van der Waals surface area contributed by atoms with Gasteiger partial charge in [-0.05, 0) is 44.5 Å². The van der Waals surface area contributed by atoms with Crippen molar-refractivity contribution in [2.45, 2.75) is 32.4 Å². The molecule has 0 aliphatic heterocycles. The number of guanidine groups is 1. The zero-order chi connectivity index (χ0) is 17.6. The molecule has 0 aliphatic carbocycles. The maximum absolute atomic E-state index is 10.5. The number of hydrogen-bond acceptors (Lipinski definition) is 3. The molecule has 0 bridgehead atoms. The number of rotatable bonds is 6. The van der Waals surface area contributed by atoms with Gasteiger partial charge < -0.3 is 20.2 Å². The molecule has 3 N–H and O–H groups in total. The van der Waals surface area contributed by atoms with Crippen molar-refractivity contribution in [2.24, 2.45) is 4.99 Å². The minimum absolute atomic E-state index is 0. The van der Waals surface area contributed by atoms with Crippen LogP contribution in [0.25, 0.3) is 0 Å². The first-order chi connectivity index (χ1) is 11.4. The summed E-state index contributed by atoms with van der Waals surface area (Å²) in [6.45, 7) is 6.69. The van der Waals surface area contributed by atoms with E-state index in [9.17, 15) is 5.11 Å². The van der Waals surface area contributed by atoms with Gasteiger partial charge in [0.1, 0.15) is 11.4 Å². The van der Waals surface area contributed by atoms with Gasteiger partial charge >= 0.3 is 0 Å². The molecule has 1 aromatic carbocycles. The van der Waals surface area contributed by atoms with Crippen LogP contribution in [-0.4, -0.2) is 24.2 Å². The van der Waals surface area contributed by atoms with Crippen molar-refractivity contribution in [3.63, 3.8) is 0 Å². The van der Waals surface area contributed by atoms with E-state index >= 15 is 0 Å². The second-order valence-electron chi connectivity index (χ2n) is 5.83. The van der Waals surface area contributed by atoms with Crippen LogP contribution in [0.3, 0.4) is 0 Å². The highest BCUT2D eigenvalue weighted by molar-refractivity contribution is 14.0. The van der Waals surface area contributed by atoms with Crippen LogP contribution in [0.4, 0.5) is 0 Å². The van der Waals surface area contributed by atoms with E-state index < -0.39 is 5.60 Å². The molecule has 7 heteroatoms. The van der Waals surface area contributed by atoms with E-state index in [4.69, 9.17) is 4.42 Å². The second kappa shape index (κ2) is 10.2. The summed E-state index contributed by atoms with van der Waals surface area (Å²) in [6.07, 6.45) is 1.55. The van der Waals surface area contributed by atoms with E-state index in [0.29, 0.717) is 11.7 Å². The molecular weight excluding hydrogens is 497 g/mol. The third-order valence-corrected chi connectivity index (χ3v) is 4.39. The average Bonchev–Trinajstić information content (AvgIpc) is 3.08. The van der Waals surface area contributed by atoms with Gasteiger partial charge in [-0.3, -0.25) is 0 Å². The summed E-state index contributed by atoms with van der Waals surface area (Å²) in [5.74, 6) is 1.15. The van der Waals surface area contributed by atoms with Crippen molar-refractivity contribution >= 4 is 45.9 Å². The van der Waals surface area contributed by atoms with Crippen LogP contribution < -0.4 is 10.6 Å². The topological polar surface area (TPSA) is 69.8 Å². The van der Waals surface area contributed by atoms with Crippen molar-refractivity contribution in [1.29, 1.82) is 0 Å². The lowest BCUT2D eigenvalue weighted by Gasteiger charge is -2.22. The summed E-state index contributed by atoms with van der Waals surface area (Å²) >= 11 is 3.57. The van der Waals surface area contributed by atoms with Crippen molar-refractivity contribution < 1.29 is 9.52 Å². The average molecular weight is 522 g/mol. The van der Waals surface area contributed by atoms with Crippen LogP contribution in [0.2, 0.25) is 0 Å². The Balaban J connectivity index is 0.00000312. The van der Waals surface area contributed by atoms with Gasteiger partial charge in [-0.2, -0.15) is 0 Å². The van der Waals surface area contributed by atoms with E-state index in [0.717, 1.165) is 16.6 Å². The van der Waals surface area contributed by atoms with Gasteiger partial charge in [0.25, 0.3) is 0 Å². The Bertz CT molecular complexity index is 675. The summed E-state index contributed by atoms with van der Waals surface area (Å²) in [6, 6.07) is 11.6.